The Hall–Kier alpha value is -2.57. The van der Waals surface area contributed by atoms with Crippen molar-refractivity contribution in [3.05, 3.63) is 40.4 Å². The Balaban J connectivity index is 1.62. The van der Waals surface area contributed by atoms with Crippen LogP contribution in [0.3, 0.4) is 0 Å². The third-order valence-corrected chi connectivity index (χ3v) is 3.71. The predicted octanol–water partition coefficient (Wildman–Crippen LogP) is 1.68. The number of ether oxygens (including phenoxy) is 1. The Labute approximate surface area is 127 Å². The highest BCUT2D eigenvalue weighted by molar-refractivity contribution is 6.02. The second kappa shape index (κ2) is 6.05. The van der Waals surface area contributed by atoms with Crippen LogP contribution in [0, 0.1) is 0 Å². The molecule has 7 heteroatoms. The molecule has 0 spiro atoms. The largest absolute Gasteiger partial charge is 0.474 e. The normalized spacial score (nSPS) is 15.0. The summed E-state index contributed by atoms with van der Waals surface area (Å²) in [5.41, 5.74) is 0.496. The summed E-state index contributed by atoms with van der Waals surface area (Å²) in [5, 5.41) is 5.35. The highest BCUT2D eigenvalue weighted by Crippen LogP contribution is 2.23. The zero-order chi connectivity index (χ0) is 15.5. The average Bonchev–Trinajstić information content (AvgIpc) is 3.12. The second-order valence-electron chi connectivity index (χ2n) is 5.43. The van der Waals surface area contributed by atoms with E-state index in [4.69, 9.17) is 4.74 Å². The van der Waals surface area contributed by atoms with Gasteiger partial charge < -0.3 is 10.1 Å². The van der Waals surface area contributed by atoms with Crippen molar-refractivity contribution < 1.29 is 9.53 Å². The van der Waals surface area contributed by atoms with Crippen LogP contribution in [0.15, 0.2) is 29.2 Å². The monoisotopic (exact) mass is 302 g/mol. The second-order valence-corrected chi connectivity index (χ2v) is 5.43. The summed E-state index contributed by atoms with van der Waals surface area (Å²) in [7, 11) is 1.55. The van der Waals surface area contributed by atoms with Crippen molar-refractivity contribution in [2.24, 2.45) is 7.05 Å². The van der Waals surface area contributed by atoms with Gasteiger partial charge in [-0.05, 0) is 31.7 Å². The van der Waals surface area contributed by atoms with Gasteiger partial charge in [0.25, 0.3) is 11.5 Å². The number of aryl methyl sites for hydroxylation is 1. The number of nitrogens with one attached hydrogen (secondary N) is 2. The van der Waals surface area contributed by atoms with Crippen molar-refractivity contribution in [2.45, 2.75) is 31.8 Å². The third kappa shape index (κ3) is 3.19. The Morgan fingerprint density at radius 2 is 2.18 bits per heavy atom. The van der Waals surface area contributed by atoms with Crippen LogP contribution in [-0.2, 0) is 7.05 Å². The molecule has 3 rings (SSSR count). The molecule has 0 radical (unpaired) electrons. The van der Waals surface area contributed by atoms with E-state index in [-0.39, 0.29) is 23.3 Å². The first-order valence-electron chi connectivity index (χ1n) is 7.32. The summed E-state index contributed by atoms with van der Waals surface area (Å²) in [6.45, 7) is 0. The molecule has 0 atom stereocenters. The molecule has 0 unspecified atom stereocenters. The fraction of sp³-hybridized carbons (Fsp3) is 0.400. The number of aromatic nitrogens is 3. The summed E-state index contributed by atoms with van der Waals surface area (Å²) >= 11 is 0. The molecule has 0 bridgehead atoms. The lowest BCUT2D eigenvalue weighted by Crippen LogP contribution is -2.14. The zero-order valence-corrected chi connectivity index (χ0v) is 12.3. The average molecular weight is 302 g/mol. The van der Waals surface area contributed by atoms with Crippen LogP contribution in [0.2, 0.25) is 0 Å². The van der Waals surface area contributed by atoms with E-state index in [1.54, 1.807) is 25.4 Å². The lowest BCUT2D eigenvalue weighted by Gasteiger charge is -2.12. The molecule has 0 aromatic carbocycles. The van der Waals surface area contributed by atoms with Gasteiger partial charge in [0.1, 0.15) is 11.8 Å². The Morgan fingerprint density at radius 3 is 2.77 bits per heavy atom. The van der Waals surface area contributed by atoms with Crippen LogP contribution in [0.4, 0.5) is 5.69 Å². The van der Waals surface area contributed by atoms with Crippen LogP contribution < -0.4 is 15.6 Å². The smallest absolute Gasteiger partial charge is 0.273 e. The maximum absolute atomic E-state index is 12.0. The number of aromatic amines is 1. The van der Waals surface area contributed by atoms with Gasteiger partial charge in [0, 0.05) is 19.2 Å². The molecular weight excluding hydrogens is 284 g/mol. The van der Waals surface area contributed by atoms with Crippen LogP contribution in [-0.4, -0.2) is 26.8 Å². The Bertz CT molecular complexity index is 711. The molecule has 1 saturated carbocycles. The Morgan fingerprint density at radius 1 is 1.41 bits per heavy atom. The number of amides is 1. The predicted molar refractivity (Wildman–Crippen MR) is 81.1 cm³/mol. The number of hydrogen-bond acceptors (Lipinski definition) is 4. The number of anilines is 1. The number of hydrogen-bond donors (Lipinski definition) is 2. The van der Waals surface area contributed by atoms with Crippen molar-refractivity contribution in [1.29, 1.82) is 0 Å². The first kappa shape index (κ1) is 14.4. The van der Waals surface area contributed by atoms with Gasteiger partial charge in [-0.25, -0.2) is 4.98 Å². The summed E-state index contributed by atoms with van der Waals surface area (Å²) in [6.07, 6.45) is 6.34. The van der Waals surface area contributed by atoms with E-state index >= 15 is 0 Å². The molecule has 2 heterocycles. The van der Waals surface area contributed by atoms with Crippen molar-refractivity contribution >= 4 is 11.6 Å². The Kier molecular flexibility index (Phi) is 3.95. The topological polar surface area (TPSA) is 89.0 Å². The molecular formula is C15H18N4O3. The van der Waals surface area contributed by atoms with E-state index in [0.29, 0.717) is 11.6 Å². The van der Waals surface area contributed by atoms with Gasteiger partial charge in [0.05, 0.1) is 11.9 Å². The summed E-state index contributed by atoms with van der Waals surface area (Å²) in [6, 6.07) is 4.72. The molecule has 0 saturated heterocycles. The quantitative estimate of drug-likeness (QED) is 0.899. The molecule has 22 heavy (non-hydrogen) atoms. The summed E-state index contributed by atoms with van der Waals surface area (Å²) in [4.78, 5) is 27.5. The van der Waals surface area contributed by atoms with Crippen molar-refractivity contribution in [3.63, 3.8) is 0 Å². The highest BCUT2D eigenvalue weighted by atomic mass is 16.5. The van der Waals surface area contributed by atoms with Gasteiger partial charge in [0.15, 0.2) is 0 Å². The van der Waals surface area contributed by atoms with E-state index in [0.717, 1.165) is 12.8 Å². The molecule has 7 nitrogen and oxygen atoms in total. The van der Waals surface area contributed by atoms with E-state index in [9.17, 15) is 9.59 Å². The van der Waals surface area contributed by atoms with Crippen LogP contribution >= 0.6 is 0 Å². The highest BCUT2D eigenvalue weighted by Gasteiger charge is 2.17. The first-order chi connectivity index (χ1) is 10.6. The fourth-order valence-corrected chi connectivity index (χ4v) is 2.50. The van der Waals surface area contributed by atoms with E-state index in [1.165, 1.54) is 23.6 Å². The van der Waals surface area contributed by atoms with Gasteiger partial charge in [-0.1, -0.05) is 0 Å². The molecule has 116 valence electrons. The van der Waals surface area contributed by atoms with Gasteiger partial charge in [-0.15, -0.1) is 0 Å². The molecule has 1 aliphatic rings. The van der Waals surface area contributed by atoms with E-state index in [2.05, 4.69) is 15.4 Å². The van der Waals surface area contributed by atoms with Gasteiger partial charge >= 0.3 is 0 Å². The minimum Gasteiger partial charge on any atom is -0.474 e. The number of carbonyl (C=O) groups excluding carboxylic acids is 1. The molecule has 1 aliphatic carbocycles. The third-order valence-electron chi connectivity index (χ3n) is 3.71. The SMILES string of the molecule is Cn1[nH]c(C(=O)Nc2ccc(OC3CCCC3)nc2)cc1=O. The standard InChI is InChI=1S/C15H18N4O3/c1-19-14(20)8-12(18-19)15(21)17-10-6-7-13(16-9-10)22-11-4-2-3-5-11/h6-9,11,18H,2-5H2,1H3,(H,17,21). The maximum atomic E-state index is 12.0. The summed E-state index contributed by atoms with van der Waals surface area (Å²) < 4.78 is 7.01. The molecule has 1 amide bonds. The van der Waals surface area contributed by atoms with Crippen molar-refractivity contribution in [1.82, 2.24) is 14.8 Å². The van der Waals surface area contributed by atoms with E-state index in [1.807, 2.05) is 0 Å². The molecule has 2 aromatic rings. The number of pyridine rings is 1. The zero-order valence-electron chi connectivity index (χ0n) is 12.3. The minimum atomic E-state index is -0.385. The van der Waals surface area contributed by atoms with Gasteiger partial charge in [-0.3, -0.25) is 19.4 Å². The van der Waals surface area contributed by atoms with E-state index < -0.39 is 0 Å². The minimum absolute atomic E-state index is 0.207. The number of carbonyl (C=O) groups is 1. The van der Waals surface area contributed by atoms with Gasteiger partial charge in [-0.2, -0.15) is 0 Å². The van der Waals surface area contributed by atoms with Crippen LogP contribution in [0.1, 0.15) is 36.2 Å². The van der Waals surface area contributed by atoms with Crippen molar-refractivity contribution in [2.75, 3.05) is 5.32 Å². The maximum Gasteiger partial charge on any atom is 0.273 e. The molecule has 2 N–H and O–H groups in total. The van der Waals surface area contributed by atoms with Crippen molar-refractivity contribution in [3.8, 4) is 5.88 Å². The lowest BCUT2D eigenvalue weighted by atomic mass is 10.3. The summed E-state index contributed by atoms with van der Waals surface area (Å²) in [5.74, 6) is 0.182. The number of H-pyrrole nitrogens is 1. The van der Waals surface area contributed by atoms with Crippen LogP contribution in [0.5, 0.6) is 5.88 Å². The fourth-order valence-electron chi connectivity index (χ4n) is 2.50. The molecule has 2 aromatic heterocycles. The lowest BCUT2D eigenvalue weighted by molar-refractivity contribution is 0.102. The van der Waals surface area contributed by atoms with Crippen LogP contribution in [0.25, 0.3) is 0 Å². The number of nitrogens with zero attached hydrogens (tertiary/aromatic N) is 2. The number of rotatable bonds is 4. The first-order valence-corrected chi connectivity index (χ1v) is 7.32. The van der Waals surface area contributed by atoms with Gasteiger partial charge in [0.2, 0.25) is 5.88 Å². The molecule has 0 aliphatic heterocycles. The molecule has 1 fully saturated rings.